The Labute approximate surface area is 99.7 Å². The Hall–Kier alpha value is -1.63. The van der Waals surface area contributed by atoms with Gasteiger partial charge >= 0.3 is 5.97 Å². The first-order valence-corrected chi connectivity index (χ1v) is 5.36. The van der Waals surface area contributed by atoms with Crippen LogP contribution < -0.4 is 16.4 Å². The van der Waals surface area contributed by atoms with E-state index in [0.717, 1.165) is 0 Å². The number of rotatable bonds is 8. The highest BCUT2D eigenvalue weighted by Gasteiger charge is 2.21. The normalized spacial score (nSPS) is 12.2. The molecule has 0 fully saturated rings. The zero-order valence-corrected chi connectivity index (χ0v) is 10.0. The number of carboxylic acids is 1. The first-order valence-electron chi connectivity index (χ1n) is 5.36. The zero-order valence-electron chi connectivity index (χ0n) is 10.0. The molecule has 0 radical (unpaired) electrons. The lowest BCUT2D eigenvalue weighted by Gasteiger charge is -2.13. The van der Waals surface area contributed by atoms with Crippen molar-refractivity contribution in [3.63, 3.8) is 0 Å². The molecule has 7 nitrogen and oxygen atoms in total. The molecule has 0 saturated carbocycles. The number of carbonyl (C=O) groups excluding carboxylic acids is 2. The van der Waals surface area contributed by atoms with Crippen molar-refractivity contribution in [2.75, 3.05) is 6.54 Å². The lowest BCUT2D eigenvalue weighted by molar-refractivity contribution is -0.143. The highest BCUT2D eigenvalue weighted by atomic mass is 16.4. The number of carbonyl (C=O) groups is 3. The average Bonchev–Trinajstić information content (AvgIpc) is 2.15. The lowest BCUT2D eigenvalue weighted by atomic mass is 10.2. The third kappa shape index (κ3) is 8.21. The molecule has 0 aliphatic heterocycles. The van der Waals surface area contributed by atoms with Crippen LogP contribution in [0.5, 0.6) is 0 Å². The Morgan fingerprint density at radius 2 is 1.88 bits per heavy atom. The number of amides is 2. The molecule has 0 saturated heterocycles. The van der Waals surface area contributed by atoms with Crippen LogP contribution in [0.15, 0.2) is 0 Å². The van der Waals surface area contributed by atoms with E-state index in [9.17, 15) is 14.4 Å². The van der Waals surface area contributed by atoms with Gasteiger partial charge in [-0.15, -0.1) is 0 Å². The molecule has 5 N–H and O–H groups in total. The molecule has 0 aliphatic rings. The summed E-state index contributed by atoms with van der Waals surface area (Å²) in [6.07, 6.45) is -0.251. The standard InChI is InChI=1S/C10H19N3O4/c1-6(2)12-4-3-9(15)13-7(10(16)17)5-8(11)14/h6-7,12H,3-5H2,1-2H3,(H2,11,14)(H,13,15)(H,16,17). The van der Waals surface area contributed by atoms with Crippen molar-refractivity contribution in [1.82, 2.24) is 10.6 Å². The molecular weight excluding hydrogens is 226 g/mol. The van der Waals surface area contributed by atoms with Crippen LogP contribution in [0.1, 0.15) is 26.7 Å². The van der Waals surface area contributed by atoms with Crippen LogP contribution in [0.25, 0.3) is 0 Å². The summed E-state index contributed by atoms with van der Waals surface area (Å²) in [6.45, 7) is 4.32. The third-order valence-electron chi connectivity index (χ3n) is 1.94. The summed E-state index contributed by atoms with van der Waals surface area (Å²) >= 11 is 0. The number of carboxylic acid groups (broad SMARTS) is 1. The van der Waals surface area contributed by atoms with Crippen molar-refractivity contribution < 1.29 is 19.5 Å². The first kappa shape index (κ1) is 15.4. The quantitative estimate of drug-likeness (QED) is 0.429. The van der Waals surface area contributed by atoms with Crippen LogP contribution >= 0.6 is 0 Å². The van der Waals surface area contributed by atoms with Crippen LogP contribution in [-0.2, 0) is 14.4 Å². The topological polar surface area (TPSA) is 122 Å². The monoisotopic (exact) mass is 245 g/mol. The molecule has 0 aromatic rings. The van der Waals surface area contributed by atoms with Gasteiger partial charge in [-0.25, -0.2) is 4.79 Å². The molecule has 0 heterocycles. The van der Waals surface area contributed by atoms with E-state index in [1.807, 2.05) is 13.8 Å². The number of nitrogens with one attached hydrogen (secondary N) is 2. The van der Waals surface area contributed by atoms with Crippen molar-refractivity contribution >= 4 is 17.8 Å². The predicted octanol–water partition coefficient (Wildman–Crippen LogP) is -1.18. The highest BCUT2D eigenvalue weighted by Crippen LogP contribution is 1.93. The molecule has 0 aliphatic carbocycles. The second-order valence-electron chi connectivity index (χ2n) is 3.99. The minimum Gasteiger partial charge on any atom is -0.480 e. The van der Waals surface area contributed by atoms with Gasteiger partial charge in [-0.2, -0.15) is 0 Å². The fourth-order valence-corrected chi connectivity index (χ4v) is 1.14. The van der Waals surface area contributed by atoms with Crippen LogP contribution in [0.3, 0.4) is 0 Å². The van der Waals surface area contributed by atoms with Crippen LogP contribution in [0.4, 0.5) is 0 Å². The van der Waals surface area contributed by atoms with E-state index in [4.69, 9.17) is 10.8 Å². The highest BCUT2D eigenvalue weighted by molar-refractivity contribution is 5.88. The minimum atomic E-state index is -1.27. The number of hydrogen-bond donors (Lipinski definition) is 4. The molecule has 0 bridgehead atoms. The summed E-state index contributed by atoms with van der Waals surface area (Å²) in [4.78, 5) is 32.7. The van der Waals surface area contributed by atoms with Gasteiger partial charge in [0.1, 0.15) is 6.04 Å². The molecular formula is C10H19N3O4. The third-order valence-corrected chi connectivity index (χ3v) is 1.94. The van der Waals surface area contributed by atoms with E-state index in [-0.39, 0.29) is 12.5 Å². The van der Waals surface area contributed by atoms with Crippen molar-refractivity contribution in [3.8, 4) is 0 Å². The maximum absolute atomic E-state index is 11.4. The Balaban J connectivity index is 4.04. The van der Waals surface area contributed by atoms with Gasteiger partial charge in [-0.1, -0.05) is 13.8 Å². The number of nitrogens with two attached hydrogens (primary N) is 1. The minimum absolute atomic E-state index is 0.153. The van der Waals surface area contributed by atoms with Crippen molar-refractivity contribution in [2.24, 2.45) is 5.73 Å². The summed E-state index contributed by atoms with van der Waals surface area (Å²) in [6, 6.07) is -0.997. The molecule has 98 valence electrons. The van der Waals surface area contributed by atoms with E-state index in [2.05, 4.69) is 10.6 Å². The Kier molecular flexibility index (Phi) is 6.88. The van der Waals surface area contributed by atoms with Gasteiger partial charge < -0.3 is 21.5 Å². The molecule has 1 atom stereocenters. The number of primary amides is 1. The van der Waals surface area contributed by atoms with Crippen LogP contribution in [-0.4, -0.2) is 41.5 Å². The second kappa shape index (κ2) is 7.61. The van der Waals surface area contributed by atoms with Gasteiger partial charge in [-0.05, 0) is 0 Å². The molecule has 0 aromatic heterocycles. The Morgan fingerprint density at radius 3 is 2.29 bits per heavy atom. The largest absolute Gasteiger partial charge is 0.480 e. The van der Waals surface area contributed by atoms with E-state index in [1.54, 1.807) is 0 Å². The molecule has 7 heteroatoms. The van der Waals surface area contributed by atoms with Gasteiger partial charge in [0.2, 0.25) is 11.8 Å². The molecule has 17 heavy (non-hydrogen) atoms. The second-order valence-corrected chi connectivity index (χ2v) is 3.99. The number of hydrogen-bond acceptors (Lipinski definition) is 4. The summed E-state index contributed by atoms with van der Waals surface area (Å²) in [5.41, 5.74) is 4.88. The van der Waals surface area contributed by atoms with E-state index >= 15 is 0 Å². The van der Waals surface area contributed by atoms with Gasteiger partial charge in [0.05, 0.1) is 6.42 Å². The average molecular weight is 245 g/mol. The van der Waals surface area contributed by atoms with Gasteiger partial charge in [-0.3, -0.25) is 9.59 Å². The molecule has 0 aromatic carbocycles. The van der Waals surface area contributed by atoms with Gasteiger partial charge in [0, 0.05) is 19.0 Å². The van der Waals surface area contributed by atoms with Gasteiger partial charge in [0.25, 0.3) is 0 Å². The van der Waals surface area contributed by atoms with Gasteiger partial charge in [0.15, 0.2) is 0 Å². The summed E-state index contributed by atoms with van der Waals surface area (Å²) in [5.74, 6) is -2.46. The van der Waals surface area contributed by atoms with E-state index in [0.29, 0.717) is 6.54 Å². The first-order chi connectivity index (χ1) is 7.82. The SMILES string of the molecule is CC(C)NCCC(=O)NC(CC(N)=O)C(=O)O. The fraction of sp³-hybridized carbons (Fsp3) is 0.700. The maximum Gasteiger partial charge on any atom is 0.326 e. The van der Waals surface area contributed by atoms with E-state index < -0.39 is 30.2 Å². The molecule has 0 spiro atoms. The van der Waals surface area contributed by atoms with Crippen LogP contribution in [0, 0.1) is 0 Å². The molecule has 1 unspecified atom stereocenters. The summed E-state index contributed by atoms with van der Waals surface area (Å²) in [7, 11) is 0. The zero-order chi connectivity index (χ0) is 13.4. The number of aliphatic carboxylic acids is 1. The predicted molar refractivity (Wildman–Crippen MR) is 61.1 cm³/mol. The lowest BCUT2D eigenvalue weighted by Crippen LogP contribution is -2.44. The Morgan fingerprint density at radius 1 is 1.29 bits per heavy atom. The van der Waals surface area contributed by atoms with Crippen LogP contribution in [0.2, 0.25) is 0 Å². The smallest absolute Gasteiger partial charge is 0.326 e. The summed E-state index contributed by atoms with van der Waals surface area (Å²) < 4.78 is 0. The van der Waals surface area contributed by atoms with E-state index in [1.165, 1.54) is 0 Å². The molecule has 2 amide bonds. The molecule has 0 rings (SSSR count). The Bertz CT molecular complexity index is 291. The van der Waals surface area contributed by atoms with Crippen molar-refractivity contribution in [1.29, 1.82) is 0 Å². The summed E-state index contributed by atoms with van der Waals surface area (Å²) in [5, 5.41) is 14.0. The maximum atomic E-state index is 11.4. The fourth-order valence-electron chi connectivity index (χ4n) is 1.14. The van der Waals surface area contributed by atoms with Crippen molar-refractivity contribution in [2.45, 2.75) is 38.8 Å². The van der Waals surface area contributed by atoms with Crippen molar-refractivity contribution in [3.05, 3.63) is 0 Å².